The van der Waals surface area contributed by atoms with Crippen molar-refractivity contribution < 1.29 is 13.2 Å². The van der Waals surface area contributed by atoms with Crippen molar-refractivity contribution in [2.75, 3.05) is 12.8 Å². The van der Waals surface area contributed by atoms with Gasteiger partial charge < -0.3 is 5.32 Å². The molecular formula is C15H26F3NS. The Labute approximate surface area is 124 Å². The van der Waals surface area contributed by atoms with Crippen molar-refractivity contribution in [3.8, 4) is 0 Å². The van der Waals surface area contributed by atoms with Gasteiger partial charge in [0.05, 0.1) is 5.92 Å². The Morgan fingerprint density at radius 3 is 2.15 bits per heavy atom. The highest BCUT2D eigenvalue weighted by atomic mass is 32.2. The molecule has 1 nitrogen and oxygen atoms in total. The molecule has 0 atom stereocenters. The van der Waals surface area contributed by atoms with E-state index in [-0.39, 0.29) is 0 Å². The van der Waals surface area contributed by atoms with E-state index in [0.29, 0.717) is 36.5 Å². The Morgan fingerprint density at radius 2 is 1.65 bits per heavy atom. The van der Waals surface area contributed by atoms with Gasteiger partial charge in [0.25, 0.3) is 0 Å². The van der Waals surface area contributed by atoms with Gasteiger partial charge in [-0.1, -0.05) is 19.3 Å². The maximum atomic E-state index is 12.6. The van der Waals surface area contributed by atoms with Crippen LogP contribution in [0.5, 0.6) is 0 Å². The van der Waals surface area contributed by atoms with Crippen LogP contribution in [-0.2, 0) is 0 Å². The van der Waals surface area contributed by atoms with Gasteiger partial charge in [0.1, 0.15) is 0 Å². The van der Waals surface area contributed by atoms with Crippen LogP contribution >= 0.6 is 11.8 Å². The van der Waals surface area contributed by atoms with E-state index >= 15 is 0 Å². The largest absolute Gasteiger partial charge is 0.391 e. The maximum absolute atomic E-state index is 12.6. The highest BCUT2D eigenvalue weighted by Crippen LogP contribution is 2.40. The van der Waals surface area contributed by atoms with Crippen molar-refractivity contribution in [2.24, 2.45) is 5.92 Å². The summed E-state index contributed by atoms with van der Waals surface area (Å²) >= 11 is 1.94. The van der Waals surface area contributed by atoms with Gasteiger partial charge in [-0.25, -0.2) is 0 Å². The molecule has 0 radical (unpaired) electrons. The van der Waals surface area contributed by atoms with Crippen LogP contribution in [-0.4, -0.2) is 29.8 Å². The second kappa shape index (κ2) is 6.91. The predicted octanol–water partition coefficient (Wildman–Crippen LogP) is 4.76. The molecule has 0 unspecified atom stereocenters. The summed E-state index contributed by atoms with van der Waals surface area (Å²) in [6.07, 6.45) is 6.55. The topological polar surface area (TPSA) is 12.0 Å². The first-order chi connectivity index (χ1) is 9.45. The van der Waals surface area contributed by atoms with Crippen LogP contribution in [0.15, 0.2) is 0 Å². The average Bonchev–Trinajstić information content (AvgIpc) is 2.46. The minimum absolute atomic E-state index is 0.291. The van der Waals surface area contributed by atoms with E-state index in [1.165, 1.54) is 32.1 Å². The van der Waals surface area contributed by atoms with Crippen LogP contribution in [0.2, 0.25) is 0 Å². The predicted molar refractivity (Wildman–Crippen MR) is 79.1 cm³/mol. The van der Waals surface area contributed by atoms with Gasteiger partial charge >= 0.3 is 6.18 Å². The summed E-state index contributed by atoms with van der Waals surface area (Å²) in [4.78, 5) is 0. The molecule has 2 saturated carbocycles. The van der Waals surface area contributed by atoms with E-state index in [0.717, 1.165) is 6.54 Å². The molecule has 2 aliphatic carbocycles. The van der Waals surface area contributed by atoms with Gasteiger partial charge in [-0.2, -0.15) is 24.9 Å². The zero-order chi connectivity index (χ0) is 14.6. The summed E-state index contributed by atoms with van der Waals surface area (Å²) in [5, 5.41) is 3.57. The number of hydrogen-bond donors (Lipinski definition) is 1. The molecule has 0 amide bonds. The van der Waals surface area contributed by atoms with Crippen molar-refractivity contribution in [1.82, 2.24) is 5.32 Å². The molecule has 2 fully saturated rings. The van der Waals surface area contributed by atoms with Gasteiger partial charge in [0, 0.05) is 17.3 Å². The molecule has 1 N–H and O–H groups in total. The quantitative estimate of drug-likeness (QED) is 0.803. The molecule has 2 rings (SSSR count). The summed E-state index contributed by atoms with van der Waals surface area (Å²) in [7, 11) is 0. The van der Waals surface area contributed by atoms with E-state index < -0.39 is 12.1 Å². The number of alkyl halides is 3. The first-order valence-electron chi connectivity index (χ1n) is 7.80. The number of halogens is 3. The lowest BCUT2D eigenvalue weighted by Gasteiger charge is -2.38. The molecule has 0 aromatic heterocycles. The van der Waals surface area contributed by atoms with Crippen molar-refractivity contribution in [3.63, 3.8) is 0 Å². The van der Waals surface area contributed by atoms with E-state index in [2.05, 4.69) is 11.6 Å². The fourth-order valence-corrected chi connectivity index (χ4v) is 4.53. The van der Waals surface area contributed by atoms with Crippen LogP contribution in [0.4, 0.5) is 13.2 Å². The van der Waals surface area contributed by atoms with Gasteiger partial charge in [-0.3, -0.25) is 0 Å². The second-order valence-corrected chi connectivity index (χ2v) is 7.69. The molecule has 5 heteroatoms. The molecule has 20 heavy (non-hydrogen) atoms. The third-order valence-corrected chi connectivity index (χ3v) is 6.52. The fourth-order valence-electron chi connectivity index (χ4n) is 3.60. The Bertz CT molecular complexity index is 292. The van der Waals surface area contributed by atoms with Gasteiger partial charge in [-0.15, -0.1) is 0 Å². The zero-order valence-corrected chi connectivity index (χ0v) is 13.1. The highest BCUT2D eigenvalue weighted by molar-refractivity contribution is 8.00. The second-order valence-electron chi connectivity index (χ2n) is 6.42. The molecule has 2 aliphatic rings. The normalized spacial score (nSPS) is 31.2. The SMILES string of the molecule is CSC1(CNC2CCC(C(F)(F)F)CC2)CCCCC1. The minimum atomic E-state index is -3.99. The zero-order valence-electron chi connectivity index (χ0n) is 12.3. The molecule has 0 aromatic rings. The van der Waals surface area contributed by atoms with Gasteiger partial charge in [-0.05, 0) is 44.8 Å². The Balaban J connectivity index is 1.75. The van der Waals surface area contributed by atoms with E-state index in [4.69, 9.17) is 0 Å². The van der Waals surface area contributed by atoms with Crippen LogP contribution in [0, 0.1) is 5.92 Å². The smallest absolute Gasteiger partial charge is 0.313 e. The summed E-state index contributed by atoms with van der Waals surface area (Å²) in [5.74, 6) is -1.07. The Morgan fingerprint density at radius 1 is 1.05 bits per heavy atom. The highest BCUT2D eigenvalue weighted by Gasteiger charge is 2.41. The fraction of sp³-hybridized carbons (Fsp3) is 1.00. The van der Waals surface area contributed by atoms with Gasteiger partial charge in [0.2, 0.25) is 0 Å². The van der Waals surface area contributed by atoms with Gasteiger partial charge in [0.15, 0.2) is 0 Å². The van der Waals surface area contributed by atoms with E-state index in [1.807, 2.05) is 11.8 Å². The lowest BCUT2D eigenvalue weighted by atomic mass is 9.84. The molecule has 0 aromatic carbocycles. The summed E-state index contributed by atoms with van der Waals surface area (Å²) in [6.45, 7) is 0.968. The van der Waals surface area contributed by atoms with E-state index in [1.54, 1.807) is 0 Å². The number of rotatable bonds is 4. The first kappa shape index (κ1) is 16.5. The molecule has 0 aliphatic heterocycles. The summed E-state index contributed by atoms with van der Waals surface area (Å²) < 4.78 is 38.2. The third kappa shape index (κ3) is 4.30. The molecule has 118 valence electrons. The first-order valence-corrected chi connectivity index (χ1v) is 9.03. The average molecular weight is 309 g/mol. The van der Waals surface area contributed by atoms with Crippen molar-refractivity contribution >= 4 is 11.8 Å². The molecule has 0 saturated heterocycles. The Kier molecular flexibility index (Phi) is 5.69. The number of hydrogen-bond acceptors (Lipinski definition) is 2. The van der Waals surface area contributed by atoms with Crippen LogP contribution in [0.1, 0.15) is 57.8 Å². The minimum Gasteiger partial charge on any atom is -0.313 e. The van der Waals surface area contributed by atoms with Crippen molar-refractivity contribution in [1.29, 1.82) is 0 Å². The monoisotopic (exact) mass is 309 g/mol. The molecule has 0 heterocycles. The molecular weight excluding hydrogens is 283 g/mol. The molecule has 0 spiro atoms. The van der Waals surface area contributed by atoms with Crippen LogP contribution in [0.3, 0.4) is 0 Å². The van der Waals surface area contributed by atoms with Crippen LogP contribution < -0.4 is 5.32 Å². The Hall–Kier alpha value is 0.100. The van der Waals surface area contributed by atoms with E-state index in [9.17, 15) is 13.2 Å². The lowest BCUT2D eigenvalue weighted by molar-refractivity contribution is -0.182. The summed E-state index contributed by atoms with van der Waals surface area (Å²) in [5.41, 5.74) is 0. The number of thioether (sulfide) groups is 1. The van der Waals surface area contributed by atoms with Crippen molar-refractivity contribution in [3.05, 3.63) is 0 Å². The summed E-state index contributed by atoms with van der Waals surface area (Å²) in [6, 6.07) is 0.291. The van der Waals surface area contributed by atoms with Crippen molar-refractivity contribution in [2.45, 2.75) is 74.8 Å². The molecule has 0 bridgehead atoms. The van der Waals surface area contributed by atoms with Crippen LogP contribution in [0.25, 0.3) is 0 Å². The third-order valence-electron chi connectivity index (χ3n) is 5.10. The standard InChI is InChI=1S/C15H26F3NS/c1-20-14(9-3-2-4-10-14)11-19-13-7-5-12(6-8-13)15(16,17)18/h12-13,19H,2-11H2,1H3. The maximum Gasteiger partial charge on any atom is 0.391 e. The lowest BCUT2D eigenvalue weighted by Crippen LogP contribution is -2.45. The number of nitrogens with one attached hydrogen (secondary N) is 1.